The Kier molecular flexibility index (Phi) is 10.1. The van der Waals surface area contributed by atoms with Gasteiger partial charge in [-0.2, -0.15) is 31.4 Å². The van der Waals surface area contributed by atoms with Crippen LogP contribution in [0.25, 0.3) is 0 Å². The van der Waals surface area contributed by atoms with E-state index in [1.165, 1.54) is 34.0 Å². The summed E-state index contributed by atoms with van der Waals surface area (Å²) in [7, 11) is 2.95. The number of aromatic nitrogens is 4. The molecule has 0 aliphatic carbocycles. The molecule has 2 unspecified atom stereocenters. The molecule has 4 rings (SSSR count). The zero-order valence-corrected chi connectivity index (χ0v) is 25.7. The molecule has 2 amide bonds. The number of hydrogen-bond donors (Lipinski definition) is 1. The third-order valence-electron chi connectivity index (χ3n) is 7.43. The van der Waals surface area contributed by atoms with Crippen LogP contribution in [0.4, 0.5) is 48.6 Å². The molecule has 2 aromatic heterocycles. The van der Waals surface area contributed by atoms with Gasteiger partial charge >= 0.3 is 18.4 Å². The third kappa shape index (κ3) is 7.35. The molecular formula is C29H33F6N7O4. The fourth-order valence-electron chi connectivity index (χ4n) is 5.54. The van der Waals surface area contributed by atoms with Gasteiger partial charge in [-0.3, -0.25) is 14.4 Å². The molecule has 0 saturated carbocycles. The van der Waals surface area contributed by atoms with Crippen molar-refractivity contribution in [1.29, 1.82) is 0 Å². The van der Waals surface area contributed by atoms with E-state index in [2.05, 4.69) is 20.4 Å². The van der Waals surface area contributed by atoms with Gasteiger partial charge in [-0.05, 0) is 50.5 Å². The van der Waals surface area contributed by atoms with Crippen LogP contribution in [0.2, 0.25) is 0 Å². The van der Waals surface area contributed by atoms with E-state index in [0.29, 0.717) is 35.6 Å². The quantitative estimate of drug-likeness (QED) is 0.278. The number of carbonyl (C=O) groups excluding carboxylic acids is 2. The molecule has 3 heterocycles. The molecule has 11 nitrogen and oxygen atoms in total. The van der Waals surface area contributed by atoms with Crippen molar-refractivity contribution in [3.63, 3.8) is 0 Å². The van der Waals surface area contributed by atoms with E-state index >= 15 is 0 Å². The summed E-state index contributed by atoms with van der Waals surface area (Å²) in [6.45, 7) is 4.56. The van der Waals surface area contributed by atoms with Crippen LogP contribution in [0.1, 0.15) is 60.7 Å². The van der Waals surface area contributed by atoms with Crippen molar-refractivity contribution in [2.24, 2.45) is 7.05 Å². The maximum Gasteiger partial charge on any atom is 0.416 e. The van der Waals surface area contributed by atoms with E-state index in [1.54, 1.807) is 20.9 Å². The van der Waals surface area contributed by atoms with Crippen LogP contribution < -0.4 is 15.1 Å². The van der Waals surface area contributed by atoms with Crippen LogP contribution in [-0.2, 0) is 40.2 Å². The normalized spacial score (nSPS) is 16.6. The highest BCUT2D eigenvalue weighted by atomic mass is 19.4. The van der Waals surface area contributed by atoms with E-state index in [4.69, 9.17) is 9.47 Å². The van der Waals surface area contributed by atoms with Gasteiger partial charge in [0.05, 0.1) is 47.6 Å². The number of fused-ring (bicyclic) bond motifs is 1. The van der Waals surface area contributed by atoms with Crippen molar-refractivity contribution in [1.82, 2.24) is 19.7 Å². The van der Waals surface area contributed by atoms with Gasteiger partial charge in [0.25, 0.3) is 0 Å². The molecule has 0 bridgehead atoms. The van der Waals surface area contributed by atoms with E-state index < -0.39 is 54.1 Å². The van der Waals surface area contributed by atoms with Crippen molar-refractivity contribution < 1.29 is 45.4 Å². The maximum atomic E-state index is 13.8. The molecule has 46 heavy (non-hydrogen) atoms. The fourth-order valence-corrected chi connectivity index (χ4v) is 5.54. The first-order chi connectivity index (χ1) is 21.6. The lowest BCUT2D eigenvalue weighted by atomic mass is 9.90. The molecule has 1 aliphatic rings. The standard InChI is InChI=1S/C29H33F6N7O4/c1-6-21-11-22(24-16(3)39-40(4)25(24)42(21)27(44)46-7-2)41(26-36-12-20(13-37-26)38-23(43)15-45-5)14-17-8-18(28(30,31)32)10-19(9-17)29(33,34)35/h8-10,12-13,21-22H,6-7,11,14-15H2,1-5H3,(H,38,43). The number of rotatable bonds is 9. The number of carbonyl (C=O) groups is 2. The summed E-state index contributed by atoms with van der Waals surface area (Å²) in [5, 5.41) is 7.02. The highest BCUT2D eigenvalue weighted by Crippen LogP contribution is 2.45. The largest absolute Gasteiger partial charge is 0.449 e. The number of nitrogens with zero attached hydrogens (tertiary/aromatic N) is 6. The Balaban J connectivity index is 1.89. The van der Waals surface area contributed by atoms with E-state index in [0.717, 1.165) is 0 Å². The van der Waals surface area contributed by atoms with Gasteiger partial charge in [0.2, 0.25) is 11.9 Å². The lowest BCUT2D eigenvalue weighted by Crippen LogP contribution is -2.48. The molecule has 3 aromatic rings. The van der Waals surface area contributed by atoms with E-state index in [9.17, 15) is 35.9 Å². The molecule has 1 aromatic carbocycles. The van der Waals surface area contributed by atoms with Gasteiger partial charge in [0.15, 0.2) is 0 Å². The van der Waals surface area contributed by atoms with Gasteiger partial charge < -0.3 is 19.7 Å². The Morgan fingerprint density at radius 1 is 1.04 bits per heavy atom. The Morgan fingerprint density at radius 2 is 1.65 bits per heavy atom. The van der Waals surface area contributed by atoms with Crippen molar-refractivity contribution in [3.05, 3.63) is 58.5 Å². The predicted octanol–water partition coefficient (Wildman–Crippen LogP) is 6.03. The van der Waals surface area contributed by atoms with Crippen LogP contribution in [-0.4, -0.2) is 58.1 Å². The number of alkyl halides is 6. The Labute approximate surface area is 260 Å². The number of nitrogens with one attached hydrogen (secondary N) is 1. The van der Waals surface area contributed by atoms with Crippen molar-refractivity contribution in [3.8, 4) is 0 Å². The maximum absolute atomic E-state index is 13.8. The Morgan fingerprint density at radius 3 is 2.17 bits per heavy atom. The second-order valence-corrected chi connectivity index (χ2v) is 10.6. The molecule has 0 spiro atoms. The van der Waals surface area contributed by atoms with Crippen molar-refractivity contribution in [2.75, 3.05) is 35.4 Å². The number of ether oxygens (including phenoxy) is 2. The van der Waals surface area contributed by atoms with E-state index in [-0.39, 0.29) is 42.9 Å². The fraction of sp³-hybridized carbons (Fsp3) is 0.483. The number of anilines is 3. The summed E-state index contributed by atoms with van der Waals surface area (Å²) in [5.74, 6) is -0.172. The van der Waals surface area contributed by atoms with Crippen molar-refractivity contribution >= 4 is 29.5 Å². The van der Waals surface area contributed by atoms with Gasteiger partial charge in [0.1, 0.15) is 12.4 Å². The minimum Gasteiger partial charge on any atom is -0.449 e. The lowest BCUT2D eigenvalue weighted by Gasteiger charge is -2.42. The number of methoxy groups -OCH3 is 1. The molecular weight excluding hydrogens is 624 g/mol. The summed E-state index contributed by atoms with van der Waals surface area (Å²) < 4.78 is 94.2. The molecule has 250 valence electrons. The Bertz CT molecular complexity index is 1530. The number of amides is 2. The molecule has 17 heteroatoms. The van der Waals surface area contributed by atoms with Crippen LogP contribution in [0.15, 0.2) is 30.6 Å². The number of benzene rings is 1. The highest BCUT2D eigenvalue weighted by Gasteiger charge is 2.43. The first-order valence-corrected chi connectivity index (χ1v) is 14.2. The van der Waals surface area contributed by atoms with Crippen LogP contribution in [0.3, 0.4) is 0 Å². The van der Waals surface area contributed by atoms with Gasteiger partial charge in [-0.25, -0.2) is 14.8 Å². The summed E-state index contributed by atoms with van der Waals surface area (Å²) >= 11 is 0. The smallest absolute Gasteiger partial charge is 0.416 e. The second kappa shape index (κ2) is 13.5. The minimum atomic E-state index is -5.05. The zero-order valence-electron chi connectivity index (χ0n) is 25.7. The number of aryl methyl sites for hydroxylation is 2. The monoisotopic (exact) mass is 657 g/mol. The lowest BCUT2D eigenvalue weighted by molar-refractivity contribution is -0.143. The minimum absolute atomic E-state index is 0.0469. The van der Waals surface area contributed by atoms with Gasteiger partial charge in [0, 0.05) is 32.3 Å². The van der Waals surface area contributed by atoms with Crippen molar-refractivity contribution in [2.45, 2.75) is 64.6 Å². The molecule has 0 saturated heterocycles. The first-order valence-electron chi connectivity index (χ1n) is 14.2. The molecule has 1 N–H and O–H groups in total. The second-order valence-electron chi connectivity index (χ2n) is 10.6. The zero-order chi connectivity index (χ0) is 34.0. The summed E-state index contributed by atoms with van der Waals surface area (Å²) in [6.07, 6.45) is -7.58. The highest BCUT2D eigenvalue weighted by molar-refractivity contribution is 5.91. The third-order valence-corrected chi connectivity index (χ3v) is 7.43. The summed E-state index contributed by atoms with van der Waals surface area (Å²) in [5.41, 5.74) is -2.06. The summed E-state index contributed by atoms with van der Waals surface area (Å²) in [6, 6.07) is 0.134. The molecule has 1 aliphatic heterocycles. The molecule has 0 radical (unpaired) electrons. The average molecular weight is 658 g/mol. The van der Waals surface area contributed by atoms with Crippen LogP contribution in [0, 0.1) is 6.92 Å². The topological polar surface area (TPSA) is 115 Å². The number of halogens is 6. The predicted molar refractivity (Wildman–Crippen MR) is 154 cm³/mol. The van der Waals surface area contributed by atoms with E-state index in [1.807, 2.05) is 6.92 Å². The van der Waals surface area contributed by atoms with Crippen LogP contribution >= 0.6 is 0 Å². The van der Waals surface area contributed by atoms with Gasteiger partial charge in [-0.15, -0.1) is 0 Å². The average Bonchev–Trinajstić information content (AvgIpc) is 3.28. The first kappa shape index (κ1) is 34.5. The molecule has 0 fully saturated rings. The Hall–Kier alpha value is -4.41. The SMILES string of the molecule is CCOC(=O)N1c2c(c(C)nn2C)C(N(Cc2cc(C(F)(F)F)cc(C(F)(F)F)c2)c2ncc(NC(=O)COC)cn2)CC1CC. The molecule has 2 atom stereocenters. The summed E-state index contributed by atoms with van der Waals surface area (Å²) in [4.78, 5) is 36.7. The van der Waals surface area contributed by atoms with Crippen LogP contribution in [0.5, 0.6) is 0 Å². The number of hydrogen-bond acceptors (Lipinski definition) is 8. The van der Waals surface area contributed by atoms with Gasteiger partial charge in [-0.1, -0.05) is 6.92 Å².